The predicted octanol–water partition coefficient (Wildman–Crippen LogP) is 0.369. The van der Waals surface area contributed by atoms with Crippen LogP contribution in [0.1, 0.15) is 17.0 Å². The summed E-state index contributed by atoms with van der Waals surface area (Å²) in [5, 5.41) is 8.48. The molecule has 1 heterocycles. The fourth-order valence-corrected chi connectivity index (χ4v) is 1.62. The SMILES string of the molecule is Cc1nc(S(C)(=O)=O)nc(C)c1C#N. The maximum Gasteiger partial charge on any atom is 0.247 e. The Morgan fingerprint density at radius 3 is 1.93 bits per heavy atom. The molecule has 0 amide bonds. The van der Waals surface area contributed by atoms with Gasteiger partial charge in [0.25, 0.3) is 0 Å². The molecule has 1 aromatic rings. The van der Waals surface area contributed by atoms with Gasteiger partial charge in [-0.1, -0.05) is 0 Å². The highest BCUT2D eigenvalue weighted by molar-refractivity contribution is 7.90. The zero-order valence-electron chi connectivity index (χ0n) is 8.07. The van der Waals surface area contributed by atoms with Gasteiger partial charge in [-0.05, 0) is 13.8 Å². The third-order valence-electron chi connectivity index (χ3n) is 1.69. The van der Waals surface area contributed by atoms with E-state index in [1.165, 1.54) is 0 Å². The predicted molar refractivity (Wildman–Crippen MR) is 49.3 cm³/mol. The Bertz CT molecular complexity index is 491. The van der Waals surface area contributed by atoms with Crippen LogP contribution in [0.4, 0.5) is 0 Å². The van der Waals surface area contributed by atoms with Crippen molar-refractivity contribution in [2.45, 2.75) is 19.0 Å². The molecule has 0 unspecified atom stereocenters. The molecule has 14 heavy (non-hydrogen) atoms. The Kier molecular flexibility index (Phi) is 2.53. The van der Waals surface area contributed by atoms with E-state index in [1.807, 2.05) is 6.07 Å². The maximum atomic E-state index is 11.1. The molecule has 0 aromatic carbocycles. The number of rotatable bonds is 1. The summed E-state index contributed by atoms with van der Waals surface area (Å²) < 4.78 is 22.3. The molecule has 0 bridgehead atoms. The quantitative estimate of drug-likeness (QED) is 0.626. The molecule has 0 saturated heterocycles. The van der Waals surface area contributed by atoms with Gasteiger partial charge in [0.05, 0.1) is 17.0 Å². The number of sulfone groups is 1. The monoisotopic (exact) mass is 211 g/mol. The van der Waals surface area contributed by atoms with Gasteiger partial charge in [-0.2, -0.15) is 5.26 Å². The Labute approximate surface area is 82.3 Å². The zero-order chi connectivity index (χ0) is 10.9. The summed E-state index contributed by atoms with van der Waals surface area (Å²) in [5.74, 6) is 0. The van der Waals surface area contributed by atoms with E-state index >= 15 is 0 Å². The van der Waals surface area contributed by atoms with Gasteiger partial charge in [0.1, 0.15) is 6.07 Å². The second kappa shape index (κ2) is 3.35. The van der Waals surface area contributed by atoms with E-state index in [1.54, 1.807) is 13.8 Å². The van der Waals surface area contributed by atoms with E-state index < -0.39 is 9.84 Å². The topological polar surface area (TPSA) is 83.7 Å². The van der Waals surface area contributed by atoms with Crippen molar-refractivity contribution in [2.24, 2.45) is 0 Å². The lowest BCUT2D eigenvalue weighted by molar-refractivity contribution is 0.591. The second-order valence-corrected chi connectivity index (χ2v) is 4.85. The first kappa shape index (κ1) is 10.6. The molecule has 1 aromatic heterocycles. The Hall–Kier alpha value is -1.48. The summed E-state index contributed by atoms with van der Waals surface area (Å²) >= 11 is 0. The number of aromatic nitrogens is 2. The summed E-state index contributed by atoms with van der Waals surface area (Å²) in [4.78, 5) is 7.51. The molecule has 74 valence electrons. The van der Waals surface area contributed by atoms with E-state index in [2.05, 4.69) is 9.97 Å². The van der Waals surface area contributed by atoms with Crippen molar-refractivity contribution in [3.63, 3.8) is 0 Å². The highest BCUT2D eigenvalue weighted by Gasteiger charge is 2.15. The Morgan fingerprint density at radius 2 is 1.64 bits per heavy atom. The molecule has 0 atom stereocenters. The minimum Gasteiger partial charge on any atom is -0.222 e. The molecule has 0 saturated carbocycles. The zero-order valence-corrected chi connectivity index (χ0v) is 8.88. The molecule has 0 N–H and O–H groups in total. The fourth-order valence-electron chi connectivity index (χ4n) is 1.01. The third-order valence-corrected chi connectivity index (χ3v) is 2.54. The first-order chi connectivity index (χ1) is 6.36. The van der Waals surface area contributed by atoms with E-state index in [0.29, 0.717) is 17.0 Å². The minimum absolute atomic E-state index is 0.230. The van der Waals surface area contributed by atoms with Crippen LogP contribution < -0.4 is 0 Å². The minimum atomic E-state index is -3.40. The normalized spacial score (nSPS) is 11.0. The smallest absolute Gasteiger partial charge is 0.222 e. The van der Waals surface area contributed by atoms with Crippen molar-refractivity contribution in [1.29, 1.82) is 5.26 Å². The van der Waals surface area contributed by atoms with Crippen molar-refractivity contribution >= 4 is 9.84 Å². The first-order valence-electron chi connectivity index (χ1n) is 3.81. The van der Waals surface area contributed by atoms with Gasteiger partial charge >= 0.3 is 0 Å². The molecule has 0 aliphatic heterocycles. The number of hydrogen-bond donors (Lipinski definition) is 0. The van der Waals surface area contributed by atoms with Crippen LogP contribution in [0.25, 0.3) is 0 Å². The molecule has 0 aliphatic carbocycles. The lowest BCUT2D eigenvalue weighted by Gasteiger charge is -2.03. The average molecular weight is 211 g/mol. The van der Waals surface area contributed by atoms with E-state index in [4.69, 9.17) is 5.26 Å². The number of nitriles is 1. The van der Waals surface area contributed by atoms with E-state index in [-0.39, 0.29) is 5.16 Å². The van der Waals surface area contributed by atoms with Crippen molar-refractivity contribution in [2.75, 3.05) is 6.26 Å². The molecule has 5 nitrogen and oxygen atoms in total. The van der Waals surface area contributed by atoms with Crippen LogP contribution in [0.15, 0.2) is 5.16 Å². The van der Waals surface area contributed by atoms with Crippen molar-refractivity contribution in [1.82, 2.24) is 9.97 Å². The molecule has 0 aliphatic rings. The summed E-state index contributed by atoms with van der Waals surface area (Å²) in [6.07, 6.45) is 1.03. The average Bonchev–Trinajstić information content (AvgIpc) is 2.01. The molecule has 6 heteroatoms. The van der Waals surface area contributed by atoms with Gasteiger partial charge in [0.2, 0.25) is 15.0 Å². The lowest BCUT2D eigenvalue weighted by Crippen LogP contribution is -2.08. The largest absolute Gasteiger partial charge is 0.247 e. The number of hydrogen-bond acceptors (Lipinski definition) is 5. The molecular formula is C8H9N3O2S. The summed E-state index contributed by atoms with van der Waals surface area (Å²) in [7, 11) is -3.40. The standard InChI is InChI=1S/C8H9N3O2S/c1-5-7(4-9)6(2)11-8(10-5)14(3,12)13/h1-3H3. The molecular weight excluding hydrogens is 202 g/mol. The highest BCUT2D eigenvalue weighted by Crippen LogP contribution is 2.11. The van der Waals surface area contributed by atoms with Gasteiger partial charge in [-0.3, -0.25) is 0 Å². The van der Waals surface area contributed by atoms with Crippen LogP contribution in [0, 0.1) is 25.2 Å². The first-order valence-corrected chi connectivity index (χ1v) is 5.71. The molecule has 1 rings (SSSR count). The van der Waals surface area contributed by atoms with Crippen molar-refractivity contribution in [3.05, 3.63) is 17.0 Å². The van der Waals surface area contributed by atoms with Crippen LogP contribution in [0.3, 0.4) is 0 Å². The fraction of sp³-hybridized carbons (Fsp3) is 0.375. The van der Waals surface area contributed by atoms with Gasteiger partial charge < -0.3 is 0 Å². The van der Waals surface area contributed by atoms with Crippen LogP contribution in [0.5, 0.6) is 0 Å². The highest BCUT2D eigenvalue weighted by atomic mass is 32.2. The van der Waals surface area contributed by atoms with Gasteiger partial charge in [-0.25, -0.2) is 18.4 Å². The molecule has 0 radical (unpaired) electrons. The third kappa shape index (κ3) is 1.88. The summed E-state index contributed by atoms with van der Waals surface area (Å²) in [6, 6.07) is 1.92. The lowest BCUT2D eigenvalue weighted by atomic mass is 10.2. The van der Waals surface area contributed by atoms with Crippen LogP contribution in [-0.2, 0) is 9.84 Å². The van der Waals surface area contributed by atoms with Crippen molar-refractivity contribution < 1.29 is 8.42 Å². The second-order valence-electron chi connectivity index (χ2n) is 2.94. The van der Waals surface area contributed by atoms with Gasteiger partial charge in [0.15, 0.2) is 0 Å². The number of aryl methyl sites for hydroxylation is 2. The van der Waals surface area contributed by atoms with E-state index in [0.717, 1.165) is 6.26 Å². The molecule has 0 fully saturated rings. The van der Waals surface area contributed by atoms with Gasteiger partial charge in [-0.15, -0.1) is 0 Å². The maximum absolute atomic E-state index is 11.1. The van der Waals surface area contributed by atoms with Crippen molar-refractivity contribution in [3.8, 4) is 6.07 Å². The van der Waals surface area contributed by atoms with Gasteiger partial charge in [0, 0.05) is 6.26 Å². The van der Waals surface area contributed by atoms with Crippen LogP contribution in [-0.4, -0.2) is 24.6 Å². The molecule has 0 spiro atoms. The van der Waals surface area contributed by atoms with Crippen LogP contribution >= 0.6 is 0 Å². The Balaban J connectivity index is 3.53. The summed E-state index contributed by atoms with van der Waals surface area (Å²) in [5.41, 5.74) is 1.11. The summed E-state index contributed by atoms with van der Waals surface area (Å²) in [6.45, 7) is 3.17. The Morgan fingerprint density at radius 1 is 1.21 bits per heavy atom. The van der Waals surface area contributed by atoms with Crippen LogP contribution in [0.2, 0.25) is 0 Å². The number of nitrogens with zero attached hydrogens (tertiary/aromatic N) is 3. The van der Waals surface area contributed by atoms with E-state index in [9.17, 15) is 8.42 Å².